The summed E-state index contributed by atoms with van der Waals surface area (Å²) in [5.74, 6) is 0.953. The zero-order valence-electron chi connectivity index (χ0n) is 11.3. The maximum atomic E-state index is 9.57. The van der Waals surface area contributed by atoms with Gasteiger partial charge in [0.15, 0.2) is 8.32 Å². The molecule has 2 nitrogen and oxygen atoms in total. The van der Waals surface area contributed by atoms with Gasteiger partial charge in [-0.05, 0) is 44.8 Å². The zero-order valence-corrected chi connectivity index (χ0v) is 12.3. The number of nitriles is 1. The summed E-state index contributed by atoms with van der Waals surface area (Å²) in [6.45, 7) is 11.0. The molecule has 2 atom stereocenters. The smallest absolute Gasteiger partial charge is 0.185 e. The Morgan fingerprint density at radius 3 is 2.38 bits per heavy atom. The van der Waals surface area contributed by atoms with E-state index in [-0.39, 0.29) is 0 Å². The molecule has 3 heteroatoms. The summed E-state index contributed by atoms with van der Waals surface area (Å²) in [6, 6.07) is 2.52. The topological polar surface area (TPSA) is 33.0 Å². The molecule has 1 aliphatic rings. The third kappa shape index (κ3) is 3.08. The van der Waals surface area contributed by atoms with E-state index < -0.39 is 13.9 Å². The summed E-state index contributed by atoms with van der Waals surface area (Å²) in [7, 11) is -1.65. The Labute approximate surface area is 101 Å². The van der Waals surface area contributed by atoms with Crippen molar-refractivity contribution in [3.8, 4) is 6.07 Å². The highest BCUT2D eigenvalue weighted by Gasteiger charge is 2.45. The van der Waals surface area contributed by atoms with Crippen molar-refractivity contribution < 1.29 is 4.43 Å². The van der Waals surface area contributed by atoms with Crippen LogP contribution in [0.1, 0.15) is 39.5 Å². The van der Waals surface area contributed by atoms with Gasteiger partial charge in [-0.2, -0.15) is 5.26 Å². The average molecular weight is 239 g/mol. The Morgan fingerprint density at radius 2 is 1.94 bits per heavy atom. The molecule has 0 aliphatic heterocycles. The number of rotatable bonds is 3. The van der Waals surface area contributed by atoms with Crippen molar-refractivity contribution in [2.75, 3.05) is 0 Å². The predicted octanol–water partition coefficient (Wildman–Crippen LogP) is 3.95. The summed E-state index contributed by atoms with van der Waals surface area (Å²) in [5.41, 5.74) is -0.489. The summed E-state index contributed by atoms with van der Waals surface area (Å²) >= 11 is 0. The van der Waals surface area contributed by atoms with E-state index in [9.17, 15) is 5.26 Å². The lowest BCUT2D eigenvalue weighted by atomic mass is 9.71. The summed E-state index contributed by atoms with van der Waals surface area (Å²) in [4.78, 5) is 0. The number of nitrogens with zero attached hydrogens (tertiary/aromatic N) is 1. The second kappa shape index (κ2) is 4.89. The molecule has 1 saturated carbocycles. The van der Waals surface area contributed by atoms with E-state index in [1.54, 1.807) is 0 Å². The van der Waals surface area contributed by atoms with Crippen molar-refractivity contribution in [2.24, 2.45) is 11.8 Å². The molecule has 0 saturated heterocycles. The highest BCUT2D eigenvalue weighted by molar-refractivity contribution is 6.69. The maximum Gasteiger partial charge on any atom is 0.185 e. The van der Waals surface area contributed by atoms with Crippen LogP contribution in [0.5, 0.6) is 0 Å². The molecule has 0 aromatic carbocycles. The van der Waals surface area contributed by atoms with Gasteiger partial charge in [-0.15, -0.1) is 0 Å². The molecular formula is C13H25NOSi. The van der Waals surface area contributed by atoms with Gasteiger partial charge in [0, 0.05) is 5.92 Å². The van der Waals surface area contributed by atoms with Gasteiger partial charge >= 0.3 is 0 Å². The first kappa shape index (κ1) is 13.7. The zero-order chi connectivity index (χ0) is 12.4. The van der Waals surface area contributed by atoms with Crippen LogP contribution < -0.4 is 0 Å². The van der Waals surface area contributed by atoms with Crippen LogP contribution in [-0.2, 0) is 4.43 Å². The third-order valence-corrected chi connectivity index (χ3v) is 4.37. The molecule has 0 spiro atoms. The van der Waals surface area contributed by atoms with Crippen LogP contribution >= 0.6 is 0 Å². The van der Waals surface area contributed by atoms with Crippen molar-refractivity contribution in [1.29, 1.82) is 5.26 Å². The van der Waals surface area contributed by atoms with E-state index in [2.05, 4.69) is 39.6 Å². The van der Waals surface area contributed by atoms with Crippen LogP contribution in [0.3, 0.4) is 0 Å². The van der Waals surface area contributed by atoms with Gasteiger partial charge in [-0.25, -0.2) is 0 Å². The van der Waals surface area contributed by atoms with Crippen LogP contribution in [0.4, 0.5) is 0 Å². The summed E-state index contributed by atoms with van der Waals surface area (Å²) in [6.07, 6.45) is 4.47. The van der Waals surface area contributed by atoms with E-state index in [0.29, 0.717) is 11.8 Å². The molecule has 1 aliphatic carbocycles. The molecule has 0 bridgehead atoms. The van der Waals surface area contributed by atoms with Gasteiger partial charge in [0.1, 0.15) is 5.60 Å². The van der Waals surface area contributed by atoms with Crippen molar-refractivity contribution in [3.05, 3.63) is 0 Å². The van der Waals surface area contributed by atoms with Crippen LogP contribution in [0.2, 0.25) is 19.6 Å². The van der Waals surface area contributed by atoms with Crippen molar-refractivity contribution in [2.45, 2.75) is 64.8 Å². The van der Waals surface area contributed by atoms with E-state index in [1.165, 1.54) is 6.42 Å². The fourth-order valence-corrected chi connectivity index (χ4v) is 4.27. The molecule has 92 valence electrons. The normalized spacial score (nSPS) is 31.4. The quantitative estimate of drug-likeness (QED) is 0.699. The summed E-state index contributed by atoms with van der Waals surface area (Å²) in [5, 5.41) is 9.57. The molecule has 0 aromatic rings. The lowest BCUT2D eigenvalue weighted by Gasteiger charge is -2.44. The van der Waals surface area contributed by atoms with Gasteiger partial charge in [0.2, 0.25) is 0 Å². The van der Waals surface area contributed by atoms with E-state index >= 15 is 0 Å². The minimum Gasteiger partial charge on any atom is -0.400 e. The Hall–Kier alpha value is -0.333. The standard InChI is InChI=1S/C13H25NOSi/c1-11(2)12-8-6-7-9-13(12,10-14)15-16(3,4)5/h11-12H,6-9H2,1-5H3. The first-order valence-corrected chi connectivity index (χ1v) is 9.83. The lowest BCUT2D eigenvalue weighted by molar-refractivity contribution is -0.00219. The van der Waals surface area contributed by atoms with E-state index in [4.69, 9.17) is 4.43 Å². The molecule has 1 rings (SSSR count). The largest absolute Gasteiger partial charge is 0.400 e. The Morgan fingerprint density at radius 1 is 1.31 bits per heavy atom. The van der Waals surface area contributed by atoms with E-state index in [1.807, 2.05) is 0 Å². The van der Waals surface area contributed by atoms with Crippen LogP contribution in [0.15, 0.2) is 0 Å². The molecule has 0 N–H and O–H groups in total. The summed E-state index contributed by atoms with van der Waals surface area (Å²) < 4.78 is 6.27. The first-order chi connectivity index (χ1) is 7.31. The average Bonchev–Trinajstić information content (AvgIpc) is 2.15. The van der Waals surface area contributed by atoms with Gasteiger partial charge in [0.25, 0.3) is 0 Å². The third-order valence-electron chi connectivity index (χ3n) is 3.39. The number of hydrogen-bond donors (Lipinski definition) is 0. The number of hydrogen-bond acceptors (Lipinski definition) is 2. The molecule has 1 fully saturated rings. The molecule has 0 aromatic heterocycles. The van der Waals surface area contributed by atoms with Gasteiger partial charge < -0.3 is 4.43 Å². The highest BCUT2D eigenvalue weighted by Crippen LogP contribution is 2.42. The molecule has 0 amide bonds. The second-order valence-electron chi connectivity index (χ2n) is 6.31. The SMILES string of the molecule is CC(C)C1CCCCC1(C#N)O[Si](C)(C)C. The van der Waals surface area contributed by atoms with Crippen LogP contribution in [-0.4, -0.2) is 13.9 Å². The lowest BCUT2D eigenvalue weighted by Crippen LogP contribution is -2.50. The molecular weight excluding hydrogens is 214 g/mol. The monoisotopic (exact) mass is 239 g/mol. The van der Waals surface area contributed by atoms with Crippen LogP contribution in [0, 0.1) is 23.2 Å². The molecule has 16 heavy (non-hydrogen) atoms. The minimum absolute atomic E-state index is 0.415. The van der Waals surface area contributed by atoms with Gasteiger partial charge in [-0.1, -0.05) is 20.3 Å². The Bertz CT molecular complexity index is 277. The van der Waals surface area contributed by atoms with E-state index in [0.717, 1.165) is 19.3 Å². The molecule has 0 heterocycles. The second-order valence-corrected chi connectivity index (χ2v) is 10.7. The molecule has 2 unspecified atom stereocenters. The highest BCUT2D eigenvalue weighted by atomic mass is 28.4. The van der Waals surface area contributed by atoms with Crippen molar-refractivity contribution in [1.82, 2.24) is 0 Å². The predicted molar refractivity (Wildman–Crippen MR) is 69.6 cm³/mol. The van der Waals surface area contributed by atoms with Crippen LogP contribution in [0.25, 0.3) is 0 Å². The Kier molecular flexibility index (Phi) is 4.20. The molecule has 0 radical (unpaired) electrons. The minimum atomic E-state index is -1.65. The van der Waals surface area contributed by atoms with Crippen molar-refractivity contribution in [3.63, 3.8) is 0 Å². The fourth-order valence-electron chi connectivity index (χ4n) is 2.88. The Balaban J connectivity index is 2.94. The maximum absolute atomic E-state index is 9.57. The van der Waals surface area contributed by atoms with Gasteiger partial charge in [-0.3, -0.25) is 0 Å². The fraction of sp³-hybridized carbons (Fsp3) is 0.923. The first-order valence-electron chi connectivity index (χ1n) is 6.42. The van der Waals surface area contributed by atoms with Crippen molar-refractivity contribution >= 4 is 8.32 Å². The van der Waals surface area contributed by atoms with Gasteiger partial charge in [0.05, 0.1) is 6.07 Å².